The van der Waals surface area contributed by atoms with Gasteiger partial charge in [0.05, 0.1) is 24.5 Å². The second-order valence-corrected chi connectivity index (χ2v) is 4.08. The Labute approximate surface area is 117 Å². The van der Waals surface area contributed by atoms with Crippen molar-refractivity contribution in [1.82, 2.24) is 10.6 Å². The Bertz CT molecular complexity index is 477. The van der Waals surface area contributed by atoms with Crippen LogP contribution in [0.4, 0.5) is 11.4 Å². The molecule has 0 fully saturated rings. The summed E-state index contributed by atoms with van der Waals surface area (Å²) < 4.78 is 4.83. The van der Waals surface area contributed by atoms with Crippen LogP contribution in [-0.4, -0.2) is 45.7 Å². The third kappa shape index (κ3) is 4.77. The largest absolute Gasteiger partial charge is 0.397 e. The molecule has 0 saturated heterocycles. The highest BCUT2D eigenvalue weighted by Gasteiger charge is 2.07. The van der Waals surface area contributed by atoms with Gasteiger partial charge in [-0.1, -0.05) is 0 Å². The minimum atomic E-state index is -0.208. The number of hydrogen-bond acceptors (Lipinski definition) is 5. The number of carbonyl (C=O) groups is 2. The van der Waals surface area contributed by atoms with E-state index in [9.17, 15) is 9.59 Å². The Morgan fingerprint density at radius 1 is 1.35 bits per heavy atom. The fraction of sp³-hybridized carbons (Fsp3) is 0.385. The molecule has 0 aliphatic carbocycles. The van der Waals surface area contributed by atoms with Crippen LogP contribution in [0.25, 0.3) is 0 Å². The molecule has 7 heteroatoms. The lowest BCUT2D eigenvalue weighted by molar-refractivity contribution is -0.119. The van der Waals surface area contributed by atoms with E-state index in [1.165, 1.54) is 0 Å². The van der Waals surface area contributed by atoms with E-state index in [1.807, 2.05) is 0 Å². The number of anilines is 2. The number of nitrogens with one attached hydrogen (secondary N) is 3. The average Bonchev–Trinajstić information content (AvgIpc) is 2.45. The first kappa shape index (κ1) is 15.8. The number of rotatable bonds is 7. The van der Waals surface area contributed by atoms with E-state index in [0.717, 1.165) is 0 Å². The number of benzene rings is 1. The average molecular weight is 280 g/mol. The molecule has 7 nitrogen and oxygen atoms in total. The molecule has 0 saturated carbocycles. The minimum Gasteiger partial charge on any atom is -0.397 e. The number of amides is 2. The molecule has 2 amide bonds. The van der Waals surface area contributed by atoms with Crippen LogP contribution >= 0.6 is 0 Å². The van der Waals surface area contributed by atoms with Crippen molar-refractivity contribution in [2.75, 3.05) is 44.9 Å². The summed E-state index contributed by atoms with van der Waals surface area (Å²) >= 11 is 0. The number of methoxy groups -OCH3 is 1. The topological polar surface area (TPSA) is 105 Å². The van der Waals surface area contributed by atoms with Crippen LogP contribution in [0, 0.1) is 0 Å². The van der Waals surface area contributed by atoms with Crippen molar-refractivity contribution < 1.29 is 14.3 Å². The summed E-state index contributed by atoms with van der Waals surface area (Å²) in [5.74, 6) is -0.364. The van der Waals surface area contributed by atoms with Gasteiger partial charge in [-0.15, -0.1) is 0 Å². The molecule has 0 heterocycles. The summed E-state index contributed by atoms with van der Waals surface area (Å²) in [7, 11) is 3.12. The molecule has 20 heavy (non-hydrogen) atoms. The van der Waals surface area contributed by atoms with E-state index in [-0.39, 0.29) is 18.4 Å². The number of hydrogen-bond donors (Lipinski definition) is 4. The lowest BCUT2D eigenvalue weighted by atomic mass is 10.1. The molecule has 0 spiro atoms. The lowest BCUT2D eigenvalue weighted by Gasteiger charge is -2.11. The van der Waals surface area contributed by atoms with Gasteiger partial charge >= 0.3 is 0 Å². The van der Waals surface area contributed by atoms with Gasteiger partial charge < -0.3 is 26.4 Å². The molecule has 1 rings (SSSR count). The fourth-order valence-electron chi connectivity index (χ4n) is 1.54. The highest BCUT2D eigenvalue weighted by atomic mass is 16.5. The summed E-state index contributed by atoms with van der Waals surface area (Å²) in [5, 5.41) is 8.11. The normalized spacial score (nSPS) is 9.90. The first-order chi connectivity index (χ1) is 9.58. The number of carbonyl (C=O) groups excluding carboxylic acids is 2. The summed E-state index contributed by atoms with van der Waals surface area (Å²) in [4.78, 5) is 22.9. The van der Waals surface area contributed by atoms with Crippen molar-refractivity contribution in [1.29, 1.82) is 0 Å². The second kappa shape index (κ2) is 8.00. The van der Waals surface area contributed by atoms with Gasteiger partial charge in [-0.2, -0.15) is 0 Å². The maximum atomic E-state index is 11.5. The van der Waals surface area contributed by atoms with Crippen molar-refractivity contribution >= 4 is 23.2 Å². The van der Waals surface area contributed by atoms with Crippen LogP contribution < -0.4 is 21.7 Å². The maximum absolute atomic E-state index is 11.5. The molecule has 5 N–H and O–H groups in total. The number of nitrogen functional groups attached to an aromatic ring is 1. The van der Waals surface area contributed by atoms with E-state index in [2.05, 4.69) is 16.0 Å². The SMILES string of the molecule is CNC(=O)c1ccc(NCC(=O)NCCOC)c(N)c1. The Kier molecular flexibility index (Phi) is 6.31. The summed E-state index contributed by atoms with van der Waals surface area (Å²) in [6, 6.07) is 4.87. The first-order valence-electron chi connectivity index (χ1n) is 6.19. The lowest BCUT2D eigenvalue weighted by Crippen LogP contribution is -2.32. The van der Waals surface area contributed by atoms with E-state index in [0.29, 0.717) is 30.1 Å². The van der Waals surface area contributed by atoms with Gasteiger partial charge in [0, 0.05) is 26.3 Å². The molecule has 0 unspecified atom stereocenters. The predicted octanol–water partition coefficient (Wildman–Crippen LogP) is -0.197. The van der Waals surface area contributed by atoms with Gasteiger partial charge in [0.25, 0.3) is 5.91 Å². The minimum absolute atomic E-state index is 0.104. The van der Waals surface area contributed by atoms with Crippen LogP contribution in [0.3, 0.4) is 0 Å². The van der Waals surface area contributed by atoms with E-state index in [4.69, 9.17) is 10.5 Å². The zero-order chi connectivity index (χ0) is 15.0. The van der Waals surface area contributed by atoms with Gasteiger partial charge in [0.15, 0.2) is 0 Å². The van der Waals surface area contributed by atoms with Crippen LogP contribution in [-0.2, 0) is 9.53 Å². The smallest absolute Gasteiger partial charge is 0.251 e. The van der Waals surface area contributed by atoms with Gasteiger partial charge in [-0.3, -0.25) is 9.59 Å². The van der Waals surface area contributed by atoms with Crippen molar-refractivity contribution in [3.8, 4) is 0 Å². The van der Waals surface area contributed by atoms with Crippen LogP contribution in [0.2, 0.25) is 0 Å². The molecular weight excluding hydrogens is 260 g/mol. The van der Waals surface area contributed by atoms with E-state index in [1.54, 1.807) is 32.4 Å². The number of ether oxygens (including phenoxy) is 1. The quantitative estimate of drug-likeness (QED) is 0.409. The van der Waals surface area contributed by atoms with Crippen LogP contribution in [0.1, 0.15) is 10.4 Å². The first-order valence-corrected chi connectivity index (χ1v) is 6.19. The summed E-state index contributed by atoms with van der Waals surface area (Å²) in [6.45, 7) is 1.03. The Morgan fingerprint density at radius 3 is 2.70 bits per heavy atom. The molecule has 110 valence electrons. The Morgan fingerprint density at radius 2 is 2.10 bits per heavy atom. The van der Waals surface area contributed by atoms with Crippen molar-refractivity contribution in [3.63, 3.8) is 0 Å². The predicted molar refractivity (Wildman–Crippen MR) is 77.6 cm³/mol. The molecular formula is C13H20N4O3. The van der Waals surface area contributed by atoms with Crippen LogP contribution in [0.5, 0.6) is 0 Å². The zero-order valence-corrected chi connectivity index (χ0v) is 11.7. The third-order valence-electron chi connectivity index (χ3n) is 2.61. The van der Waals surface area contributed by atoms with Crippen LogP contribution in [0.15, 0.2) is 18.2 Å². The molecule has 0 aliphatic heterocycles. The fourth-order valence-corrected chi connectivity index (χ4v) is 1.54. The van der Waals surface area contributed by atoms with Gasteiger partial charge in [-0.25, -0.2) is 0 Å². The summed E-state index contributed by atoms with van der Waals surface area (Å²) in [5.41, 5.74) is 7.32. The molecule has 1 aromatic rings. The highest BCUT2D eigenvalue weighted by molar-refractivity contribution is 5.96. The van der Waals surface area contributed by atoms with E-state index >= 15 is 0 Å². The van der Waals surface area contributed by atoms with Crippen molar-refractivity contribution in [2.24, 2.45) is 0 Å². The van der Waals surface area contributed by atoms with Gasteiger partial charge in [-0.05, 0) is 18.2 Å². The number of nitrogens with two attached hydrogens (primary N) is 1. The maximum Gasteiger partial charge on any atom is 0.251 e. The van der Waals surface area contributed by atoms with E-state index < -0.39 is 0 Å². The highest BCUT2D eigenvalue weighted by Crippen LogP contribution is 2.19. The Balaban J connectivity index is 2.52. The summed E-state index contributed by atoms with van der Waals surface area (Å²) in [6.07, 6.45) is 0. The zero-order valence-electron chi connectivity index (χ0n) is 11.7. The van der Waals surface area contributed by atoms with Gasteiger partial charge in [0.1, 0.15) is 0 Å². The van der Waals surface area contributed by atoms with Gasteiger partial charge in [0.2, 0.25) is 5.91 Å². The standard InChI is InChI=1S/C13H20N4O3/c1-15-13(19)9-3-4-11(10(14)7-9)17-8-12(18)16-5-6-20-2/h3-4,7,17H,5-6,8,14H2,1-2H3,(H,15,19)(H,16,18). The monoisotopic (exact) mass is 280 g/mol. The second-order valence-electron chi connectivity index (χ2n) is 4.08. The molecule has 0 bridgehead atoms. The van der Waals surface area contributed by atoms with Crippen molar-refractivity contribution in [3.05, 3.63) is 23.8 Å². The Hall–Kier alpha value is -2.28. The molecule has 1 aromatic carbocycles. The molecule has 0 atom stereocenters. The molecule has 0 aliphatic rings. The molecule has 0 radical (unpaired) electrons. The third-order valence-corrected chi connectivity index (χ3v) is 2.61. The van der Waals surface area contributed by atoms with Crippen molar-refractivity contribution in [2.45, 2.75) is 0 Å². The molecule has 0 aromatic heterocycles.